The molecule has 0 spiro atoms. The van der Waals surface area contributed by atoms with Crippen LogP contribution in [0.15, 0.2) is 0 Å². The van der Waals surface area contributed by atoms with Crippen molar-refractivity contribution in [2.45, 2.75) is 32.5 Å². The fraction of sp³-hybridized carbons (Fsp3) is 0.909. The Hall–Kier alpha value is -0.650. The number of carbonyl (C=O) groups is 1. The minimum atomic E-state index is -0.757. The van der Waals surface area contributed by atoms with Gasteiger partial charge >= 0.3 is 5.97 Å². The summed E-state index contributed by atoms with van der Waals surface area (Å²) in [6.45, 7) is 7.37. The Morgan fingerprint density at radius 1 is 1.25 bits per heavy atom. The number of rotatable bonds is 7. The smallest absolute Gasteiger partial charge is 0.304 e. The van der Waals surface area contributed by atoms with E-state index in [4.69, 9.17) is 14.6 Å². The predicted octanol–water partition coefficient (Wildman–Crippen LogP) is 0.587. The van der Waals surface area contributed by atoms with Gasteiger partial charge in [0.15, 0.2) is 0 Å². The molecule has 1 fully saturated rings. The Labute approximate surface area is 96.3 Å². The van der Waals surface area contributed by atoms with Crippen LogP contribution < -0.4 is 0 Å². The monoisotopic (exact) mass is 231 g/mol. The number of likely N-dealkylation sites (tertiary alicyclic amines) is 1. The van der Waals surface area contributed by atoms with Gasteiger partial charge in [0.1, 0.15) is 0 Å². The van der Waals surface area contributed by atoms with Crippen LogP contribution >= 0.6 is 0 Å². The van der Waals surface area contributed by atoms with Crippen LogP contribution in [0.3, 0.4) is 0 Å². The molecule has 0 amide bonds. The summed E-state index contributed by atoms with van der Waals surface area (Å²) >= 11 is 0. The van der Waals surface area contributed by atoms with Crippen molar-refractivity contribution in [3.63, 3.8) is 0 Å². The van der Waals surface area contributed by atoms with Gasteiger partial charge in [-0.3, -0.25) is 9.69 Å². The molecule has 0 saturated carbocycles. The van der Waals surface area contributed by atoms with Crippen LogP contribution in [-0.2, 0) is 14.3 Å². The number of carboxylic acid groups (broad SMARTS) is 1. The molecule has 94 valence electrons. The second-order valence-corrected chi connectivity index (χ2v) is 3.89. The zero-order valence-corrected chi connectivity index (χ0v) is 10.0. The average molecular weight is 231 g/mol. The first-order valence-corrected chi connectivity index (χ1v) is 5.84. The first kappa shape index (κ1) is 13.4. The molecule has 0 aliphatic carbocycles. The number of carboxylic acids is 1. The number of hydrogen-bond acceptors (Lipinski definition) is 4. The van der Waals surface area contributed by atoms with Gasteiger partial charge in [-0.15, -0.1) is 0 Å². The van der Waals surface area contributed by atoms with E-state index in [2.05, 4.69) is 4.90 Å². The second kappa shape index (κ2) is 6.83. The molecule has 1 aliphatic rings. The summed E-state index contributed by atoms with van der Waals surface area (Å²) in [6.07, 6.45) is 0.343. The summed E-state index contributed by atoms with van der Waals surface area (Å²) in [6, 6.07) is 0. The Balaban J connectivity index is 2.38. The lowest BCUT2D eigenvalue weighted by molar-refractivity contribution is -0.137. The highest BCUT2D eigenvalue weighted by Gasteiger charge is 2.33. The third kappa shape index (κ3) is 4.08. The van der Waals surface area contributed by atoms with Crippen molar-refractivity contribution in [2.75, 3.05) is 32.8 Å². The molecule has 1 heterocycles. The van der Waals surface area contributed by atoms with E-state index in [0.717, 1.165) is 13.1 Å². The highest BCUT2D eigenvalue weighted by Crippen LogP contribution is 2.17. The van der Waals surface area contributed by atoms with Crippen LogP contribution in [0.25, 0.3) is 0 Å². The van der Waals surface area contributed by atoms with Gasteiger partial charge in [0.05, 0.1) is 18.6 Å². The lowest BCUT2D eigenvalue weighted by Gasteiger charge is -2.17. The largest absolute Gasteiger partial charge is 0.481 e. The maximum Gasteiger partial charge on any atom is 0.304 e. The van der Waals surface area contributed by atoms with E-state index < -0.39 is 5.97 Å². The Morgan fingerprint density at radius 3 is 2.12 bits per heavy atom. The maximum atomic E-state index is 10.5. The van der Waals surface area contributed by atoms with Gasteiger partial charge in [0.2, 0.25) is 0 Å². The summed E-state index contributed by atoms with van der Waals surface area (Å²) < 4.78 is 11.2. The van der Waals surface area contributed by atoms with Gasteiger partial charge in [-0.25, -0.2) is 0 Å². The summed E-state index contributed by atoms with van der Waals surface area (Å²) in [5.41, 5.74) is 0. The van der Waals surface area contributed by atoms with Gasteiger partial charge in [-0.05, 0) is 13.8 Å². The molecule has 5 nitrogen and oxygen atoms in total. The molecule has 0 radical (unpaired) electrons. The highest BCUT2D eigenvalue weighted by atomic mass is 16.5. The SMILES string of the molecule is CCO[C@@H]1CN(CCC(=O)O)C[C@H]1OCC. The summed E-state index contributed by atoms with van der Waals surface area (Å²) in [7, 11) is 0. The zero-order chi connectivity index (χ0) is 12.0. The molecule has 1 aliphatic heterocycles. The molecular weight excluding hydrogens is 210 g/mol. The summed E-state index contributed by atoms with van der Waals surface area (Å²) in [5.74, 6) is -0.757. The van der Waals surface area contributed by atoms with Crippen LogP contribution in [0.1, 0.15) is 20.3 Å². The fourth-order valence-corrected chi connectivity index (χ4v) is 2.00. The van der Waals surface area contributed by atoms with E-state index in [-0.39, 0.29) is 18.6 Å². The van der Waals surface area contributed by atoms with Crippen molar-refractivity contribution in [1.29, 1.82) is 0 Å². The van der Waals surface area contributed by atoms with Crippen molar-refractivity contribution >= 4 is 5.97 Å². The molecule has 0 bridgehead atoms. The van der Waals surface area contributed by atoms with E-state index in [1.807, 2.05) is 13.8 Å². The van der Waals surface area contributed by atoms with E-state index >= 15 is 0 Å². The molecule has 0 aromatic carbocycles. The van der Waals surface area contributed by atoms with E-state index in [1.54, 1.807) is 0 Å². The van der Waals surface area contributed by atoms with Crippen molar-refractivity contribution in [2.24, 2.45) is 0 Å². The van der Waals surface area contributed by atoms with Crippen LogP contribution in [0.4, 0.5) is 0 Å². The van der Waals surface area contributed by atoms with E-state index in [1.165, 1.54) is 0 Å². The molecule has 1 saturated heterocycles. The Morgan fingerprint density at radius 2 is 1.75 bits per heavy atom. The molecule has 1 rings (SSSR count). The van der Waals surface area contributed by atoms with Crippen molar-refractivity contribution in [3.8, 4) is 0 Å². The average Bonchev–Trinajstić information content (AvgIpc) is 2.59. The third-order valence-corrected chi connectivity index (χ3v) is 2.69. The second-order valence-electron chi connectivity index (χ2n) is 3.89. The Kier molecular flexibility index (Phi) is 5.73. The minimum absolute atomic E-state index is 0.0822. The predicted molar refractivity (Wildman–Crippen MR) is 59.5 cm³/mol. The maximum absolute atomic E-state index is 10.5. The number of aliphatic carboxylic acids is 1. The number of nitrogens with zero attached hydrogens (tertiary/aromatic N) is 1. The van der Waals surface area contributed by atoms with E-state index in [0.29, 0.717) is 19.8 Å². The molecule has 5 heteroatoms. The molecule has 1 N–H and O–H groups in total. The van der Waals surface area contributed by atoms with Crippen molar-refractivity contribution in [1.82, 2.24) is 4.90 Å². The molecule has 0 aromatic rings. The normalized spacial score (nSPS) is 26.1. The van der Waals surface area contributed by atoms with Crippen LogP contribution in [0.2, 0.25) is 0 Å². The van der Waals surface area contributed by atoms with Crippen LogP contribution in [-0.4, -0.2) is 61.0 Å². The van der Waals surface area contributed by atoms with Gasteiger partial charge < -0.3 is 14.6 Å². The molecule has 0 aromatic heterocycles. The standard InChI is InChI=1S/C11H21NO4/c1-3-15-9-7-12(6-5-11(13)14)8-10(9)16-4-2/h9-10H,3-8H2,1-2H3,(H,13,14)/t9-,10-/m1/s1. The lowest BCUT2D eigenvalue weighted by atomic mass is 10.2. The van der Waals surface area contributed by atoms with Crippen molar-refractivity contribution in [3.05, 3.63) is 0 Å². The summed E-state index contributed by atoms with van der Waals surface area (Å²) in [5, 5.41) is 8.62. The quantitative estimate of drug-likeness (QED) is 0.695. The third-order valence-electron chi connectivity index (χ3n) is 2.69. The van der Waals surface area contributed by atoms with E-state index in [9.17, 15) is 4.79 Å². The first-order chi connectivity index (χ1) is 7.67. The van der Waals surface area contributed by atoms with Gasteiger partial charge in [-0.2, -0.15) is 0 Å². The fourth-order valence-electron chi connectivity index (χ4n) is 2.00. The molecule has 16 heavy (non-hydrogen) atoms. The molecule has 0 unspecified atom stereocenters. The molecule has 2 atom stereocenters. The lowest BCUT2D eigenvalue weighted by Crippen LogP contribution is -2.29. The number of hydrogen-bond donors (Lipinski definition) is 1. The minimum Gasteiger partial charge on any atom is -0.481 e. The van der Waals surface area contributed by atoms with Gasteiger partial charge in [0, 0.05) is 32.8 Å². The van der Waals surface area contributed by atoms with Crippen LogP contribution in [0, 0.1) is 0 Å². The first-order valence-electron chi connectivity index (χ1n) is 5.84. The molecular formula is C11H21NO4. The zero-order valence-electron chi connectivity index (χ0n) is 10.0. The number of ether oxygens (including phenoxy) is 2. The van der Waals surface area contributed by atoms with Crippen molar-refractivity contribution < 1.29 is 19.4 Å². The van der Waals surface area contributed by atoms with Gasteiger partial charge in [-0.1, -0.05) is 0 Å². The summed E-state index contributed by atoms with van der Waals surface area (Å²) in [4.78, 5) is 12.6. The van der Waals surface area contributed by atoms with Gasteiger partial charge in [0.25, 0.3) is 0 Å². The highest BCUT2D eigenvalue weighted by molar-refractivity contribution is 5.66. The Bertz CT molecular complexity index is 208. The topological polar surface area (TPSA) is 59.0 Å². The van der Waals surface area contributed by atoms with Crippen LogP contribution in [0.5, 0.6) is 0 Å².